The molecule has 0 aliphatic carbocycles. The van der Waals surface area contributed by atoms with Crippen LogP contribution in [0.15, 0.2) is 24.3 Å². The van der Waals surface area contributed by atoms with Gasteiger partial charge in [0.1, 0.15) is 11.6 Å². The number of H-pyrrole nitrogens is 1. The van der Waals surface area contributed by atoms with Crippen molar-refractivity contribution >= 4 is 17.9 Å². The van der Waals surface area contributed by atoms with Gasteiger partial charge in [-0.25, -0.2) is 0 Å². The third-order valence-electron chi connectivity index (χ3n) is 2.97. The number of aryl methyl sites for hydroxylation is 1. The molecule has 6 heteroatoms. The summed E-state index contributed by atoms with van der Waals surface area (Å²) >= 11 is 0. The minimum atomic E-state index is -0.263. The number of aromatic nitrogens is 3. The number of aromatic amines is 1. The van der Waals surface area contributed by atoms with Crippen molar-refractivity contribution in [1.82, 2.24) is 15.2 Å². The van der Waals surface area contributed by atoms with Gasteiger partial charge in [-0.15, -0.1) is 5.10 Å². The van der Waals surface area contributed by atoms with Crippen LogP contribution in [-0.4, -0.2) is 27.7 Å². The molecule has 0 spiro atoms. The van der Waals surface area contributed by atoms with Crippen molar-refractivity contribution in [3.8, 4) is 5.75 Å². The number of hydrogen-bond acceptors (Lipinski definition) is 4. The Hall–Kier alpha value is -2.63. The molecule has 0 atom stereocenters. The number of benzene rings is 1. The molecule has 1 aromatic carbocycles. The molecule has 0 fully saturated rings. The summed E-state index contributed by atoms with van der Waals surface area (Å²) in [5.74, 6) is 1.60. The lowest BCUT2D eigenvalue weighted by molar-refractivity contribution is -0.111. The Morgan fingerprint density at radius 2 is 2.40 bits per heavy atom. The number of nitrogens with zero attached hydrogens (tertiary/aromatic N) is 2. The molecule has 3 rings (SSSR count). The van der Waals surface area contributed by atoms with Gasteiger partial charge in [0.05, 0.1) is 6.61 Å². The van der Waals surface area contributed by atoms with E-state index in [-0.39, 0.29) is 11.9 Å². The summed E-state index contributed by atoms with van der Waals surface area (Å²) in [5.41, 5.74) is 2.15. The minimum absolute atomic E-state index is 0.263. The third kappa shape index (κ3) is 2.69. The third-order valence-corrected chi connectivity index (χ3v) is 2.97. The molecule has 1 aliphatic heterocycles. The number of hydrogen-bond donors (Lipinski definition) is 2. The van der Waals surface area contributed by atoms with Crippen molar-refractivity contribution in [2.24, 2.45) is 0 Å². The second-order valence-corrected chi connectivity index (χ2v) is 4.53. The van der Waals surface area contributed by atoms with E-state index in [1.165, 1.54) is 11.6 Å². The second kappa shape index (κ2) is 5.16. The van der Waals surface area contributed by atoms with Crippen LogP contribution in [0.1, 0.15) is 17.0 Å². The molecule has 0 unspecified atom stereocenters. The van der Waals surface area contributed by atoms with Gasteiger partial charge in [-0.1, -0.05) is 6.07 Å². The normalized spacial score (nSPS) is 13.2. The highest BCUT2D eigenvalue weighted by Gasteiger charge is 2.11. The summed E-state index contributed by atoms with van der Waals surface area (Å²) in [6.45, 7) is 2.50. The first-order chi connectivity index (χ1) is 9.70. The van der Waals surface area contributed by atoms with Gasteiger partial charge in [-0.2, -0.15) is 4.98 Å². The number of fused-ring (bicyclic) bond motifs is 1. The molecule has 1 amide bonds. The molecule has 0 bridgehead atoms. The van der Waals surface area contributed by atoms with Crippen molar-refractivity contribution in [2.75, 3.05) is 11.9 Å². The van der Waals surface area contributed by atoms with E-state index < -0.39 is 0 Å². The quantitative estimate of drug-likeness (QED) is 0.832. The van der Waals surface area contributed by atoms with Crippen LogP contribution in [0.5, 0.6) is 5.75 Å². The maximum absolute atomic E-state index is 11.7. The summed E-state index contributed by atoms with van der Waals surface area (Å²) in [6.07, 6.45) is 4.14. The SMILES string of the molecule is Cc1nc(NC(=O)/C=C/c2ccc3c(c2)CCO3)n[nH]1. The fourth-order valence-corrected chi connectivity index (χ4v) is 2.03. The zero-order valence-electron chi connectivity index (χ0n) is 11.0. The van der Waals surface area contributed by atoms with E-state index in [0.717, 1.165) is 24.3 Å². The smallest absolute Gasteiger partial charge is 0.250 e. The number of carbonyl (C=O) groups is 1. The Morgan fingerprint density at radius 3 is 3.20 bits per heavy atom. The molecule has 0 saturated heterocycles. The van der Waals surface area contributed by atoms with Crippen LogP contribution >= 0.6 is 0 Å². The van der Waals surface area contributed by atoms with Crippen LogP contribution in [0.3, 0.4) is 0 Å². The van der Waals surface area contributed by atoms with Crippen LogP contribution in [0.2, 0.25) is 0 Å². The lowest BCUT2D eigenvalue weighted by Gasteiger charge is -1.99. The standard InChI is InChI=1S/C14H14N4O2/c1-9-15-14(18-17-9)16-13(19)5-3-10-2-4-12-11(8-10)6-7-20-12/h2-5,8H,6-7H2,1H3,(H2,15,16,17,18,19)/b5-3+. The maximum Gasteiger partial charge on any atom is 0.250 e. The Morgan fingerprint density at radius 1 is 1.50 bits per heavy atom. The average molecular weight is 270 g/mol. The zero-order valence-corrected chi connectivity index (χ0v) is 11.0. The minimum Gasteiger partial charge on any atom is -0.493 e. The lowest BCUT2D eigenvalue weighted by Crippen LogP contribution is -2.09. The van der Waals surface area contributed by atoms with Crippen LogP contribution in [0.25, 0.3) is 6.08 Å². The van der Waals surface area contributed by atoms with E-state index in [1.54, 1.807) is 13.0 Å². The topological polar surface area (TPSA) is 79.9 Å². The molecular formula is C14H14N4O2. The summed E-state index contributed by atoms with van der Waals surface area (Å²) in [5, 5.41) is 9.08. The zero-order chi connectivity index (χ0) is 13.9. The van der Waals surface area contributed by atoms with Crippen molar-refractivity contribution in [1.29, 1.82) is 0 Å². The van der Waals surface area contributed by atoms with Crippen molar-refractivity contribution in [2.45, 2.75) is 13.3 Å². The Kier molecular flexibility index (Phi) is 3.20. The van der Waals surface area contributed by atoms with Crippen molar-refractivity contribution in [3.05, 3.63) is 41.2 Å². The molecule has 0 saturated carbocycles. The Balaban J connectivity index is 1.66. The van der Waals surface area contributed by atoms with Crippen LogP contribution in [0, 0.1) is 6.92 Å². The van der Waals surface area contributed by atoms with E-state index in [2.05, 4.69) is 20.5 Å². The van der Waals surface area contributed by atoms with Gasteiger partial charge < -0.3 is 4.74 Å². The van der Waals surface area contributed by atoms with Gasteiger partial charge >= 0.3 is 0 Å². The molecule has 0 radical (unpaired) electrons. The highest BCUT2D eigenvalue weighted by molar-refractivity contribution is 6.00. The first-order valence-corrected chi connectivity index (χ1v) is 6.34. The second-order valence-electron chi connectivity index (χ2n) is 4.53. The van der Waals surface area contributed by atoms with Gasteiger partial charge in [0.2, 0.25) is 5.95 Å². The van der Waals surface area contributed by atoms with Crippen LogP contribution < -0.4 is 10.1 Å². The number of amides is 1. The van der Waals surface area contributed by atoms with E-state index in [9.17, 15) is 4.79 Å². The molecule has 2 N–H and O–H groups in total. The predicted molar refractivity (Wildman–Crippen MR) is 74.4 cm³/mol. The fourth-order valence-electron chi connectivity index (χ4n) is 2.03. The number of nitrogens with one attached hydrogen (secondary N) is 2. The van der Waals surface area contributed by atoms with Crippen molar-refractivity contribution in [3.63, 3.8) is 0 Å². The highest BCUT2D eigenvalue weighted by Crippen LogP contribution is 2.26. The van der Waals surface area contributed by atoms with E-state index in [4.69, 9.17) is 4.74 Å². The maximum atomic E-state index is 11.7. The predicted octanol–water partition coefficient (Wildman–Crippen LogP) is 1.70. The summed E-state index contributed by atoms with van der Waals surface area (Å²) in [6, 6.07) is 5.88. The van der Waals surface area contributed by atoms with Gasteiger partial charge in [0, 0.05) is 12.5 Å². The summed E-state index contributed by atoms with van der Waals surface area (Å²) in [4.78, 5) is 15.7. The average Bonchev–Trinajstić information content (AvgIpc) is 3.04. The molecular weight excluding hydrogens is 256 g/mol. The van der Waals surface area contributed by atoms with Gasteiger partial charge in [-0.05, 0) is 36.3 Å². The lowest BCUT2D eigenvalue weighted by atomic mass is 10.1. The van der Waals surface area contributed by atoms with E-state index in [0.29, 0.717) is 5.82 Å². The number of carbonyl (C=O) groups excluding carboxylic acids is 1. The molecule has 102 valence electrons. The van der Waals surface area contributed by atoms with Crippen molar-refractivity contribution < 1.29 is 9.53 Å². The molecule has 20 heavy (non-hydrogen) atoms. The Labute approximate surface area is 115 Å². The molecule has 2 heterocycles. The molecule has 1 aromatic heterocycles. The number of rotatable bonds is 3. The van der Waals surface area contributed by atoms with Gasteiger partial charge in [0.25, 0.3) is 5.91 Å². The van der Waals surface area contributed by atoms with Crippen LogP contribution in [-0.2, 0) is 11.2 Å². The molecule has 2 aromatic rings. The largest absolute Gasteiger partial charge is 0.493 e. The first kappa shape index (κ1) is 12.4. The monoisotopic (exact) mass is 270 g/mol. The van der Waals surface area contributed by atoms with E-state index in [1.807, 2.05) is 18.2 Å². The van der Waals surface area contributed by atoms with E-state index >= 15 is 0 Å². The Bertz CT molecular complexity index is 676. The molecule has 1 aliphatic rings. The summed E-state index contributed by atoms with van der Waals surface area (Å²) < 4.78 is 5.44. The summed E-state index contributed by atoms with van der Waals surface area (Å²) in [7, 11) is 0. The highest BCUT2D eigenvalue weighted by atomic mass is 16.5. The molecule has 6 nitrogen and oxygen atoms in total. The van der Waals surface area contributed by atoms with Gasteiger partial charge in [-0.3, -0.25) is 15.2 Å². The number of ether oxygens (including phenoxy) is 1. The first-order valence-electron chi connectivity index (χ1n) is 6.34. The van der Waals surface area contributed by atoms with Crippen LogP contribution in [0.4, 0.5) is 5.95 Å². The number of anilines is 1. The van der Waals surface area contributed by atoms with Gasteiger partial charge in [0.15, 0.2) is 0 Å². The fraction of sp³-hybridized carbons (Fsp3) is 0.214.